The Morgan fingerprint density at radius 1 is 1.09 bits per heavy atom. The maximum Gasteiger partial charge on any atom is 0.333 e. The van der Waals surface area contributed by atoms with Crippen molar-refractivity contribution in [1.29, 1.82) is 0 Å². The number of carbonyl (C=O) groups excluding carboxylic acids is 1. The van der Waals surface area contributed by atoms with Gasteiger partial charge in [0, 0.05) is 26.1 Å². The number of benzene rings is 2. The lowest BCUT2D eigenvalue weighted by molar-refractivity contribution is -0.135. The van der Waals surface area contributed by atoms with E-state index < -0.39 is 35.2 Å². The van der Waals surface area contributed by atoms with Crippen molar-refractivity contribution in [3.05, 3.63) is 70.5 Å². The number of nitrogens with one attached hydrogen (secondary N) is 1. The number of rotatable bonds is 7. The van der Waals surface area contributed by atoms with Gasteiger partial charge in [0.25, 0.3) is 0 Å². The summed E-state index contributed by atoms with van der Waals surface area (Å²) < 4.78 is 45.6. The molecule has 2 heterocycles. The Morgan fingerprint density at radius 3 is 2.47 bits per heavy atom. The highest BCUT2D eigenvalue weighted by Crippen LogP contribution is 2.33. The SMILES string of the molecule is CC(=O)N1CC2CC(c3ccc(CCCOc4c(F)ccc(F)c4F)cc3)=C(C(=O)O)C(C1)N2. The van der Waals surface area contributed by atoms with E-state index >= 15 is 0 Å². The summed E-state index contributed by atoms with van der Waals surface area (Å²) >= 11 is 0. The highest BCUT2D eigenvalue weighted by molar-refractivity contribution is 5.98. The van der Waals surface area contributed by atoms with Crippen LogP contribution in [-0.4, -0.2) is 53.7 Å². The van der Waals surface area contributed by atoms with Crippen molar-refractivity contribution >= 4 is 17.4 Å². The van der Waals surface area contributed by atoms with Gasteiger partial charge in [-0.15, -0.1) is 0 Å². The third-order valence-electron chi connectivity index (χ3n) is 6.24. The van der Waals surface area contributed by atoms with E-state index in [1.54, 1.807) is 4.90 Å². The van der Waals surface area contributed by atoms with Crippen molar-refractivity contribution < 1.29 is 32.6 Å². The van der Waals surface area contributed by atoms with Gasteiger partial charge in [-0.05, 0) is 48.1 Å². The van der Waals surface area contributed by atoms with Crippen molar-refractivity contribution in [2.24, 2.45) is 0 Å². The third-order valence-corrected chi connectivity index (χ3v) is 6.24. The molecule has 0 spiro atoms. The summed E-state index contributed by atoms with van der Waals surface area (Å²) in [4.78, 5) is 25.5. The summed E-state index contributed by atoms with van der Waals surface area (Å²) in [5.41, 5.74) is 2.80. The molecule has 1 saturated heterocycles. The summed E-state index contributed by atoms with van der Waals surface area (Å²) in [6.07, 6.45) is 1.51. The number of carboxylic acids is 1. The summed E-state index contributed by atoms with van der Waals surface area (Å²) in [5.74, 6) is -5.26. The summed E-state index contributed by atoms with van der Waals surface area (Å²) in [5, 5.41) is 13.2. The molecule has 4 rings (SSSR count). The van der Waals surface area contributed by atoms with E-state index in [1.807, 2.05) is 24.3 Å². The van der Waals surface area contributed by atoms with Crippen molar-refractivity contribution in [3.63, 3.8) is 0 Å². The molecule has 180 valence electrons. The number of amides is 1. The van der Waals surface area contributed by atoms with E-state index in [0.29, 0.717) is 38.4 Å². The van der Waals surface area contributed by atoms with Crippen molar-refractivity contribution in [1.82, 2.24) is 10.2 Å². The fourth-order valence-corrected chi connectivity index (χ4v) is 4.59. The smallest absolute Gasteiger partial charge is 0.333 e. The van der Waals surface area contributed by atoms with E-state index in [1.165, 1.54) is 6.92 Å². The van der Waals surface area contributed by atoms with Gasteiger partial charge in [-0.3, -0.25) is 4.79 Å². The van der Waals surface area contributed by atoms with Crippen LogP contribution >= 0.6 is 0 Å². The average Bonchev–Trinajstić information content (AvgIpc) is 2.80. The highest BCUT2D eigenvalue weighted by Gasteiger charge is 2.39. The van der Waals surface area contributed by atoms with Crippen LogP contribution < -0.4 is 10.1 Å². The van der Waals surface area contributed by atoms with Crippen LogP contribution in [0.5, 0.6) is 5.75 Å². The van der Waals surface area contributed by atoms with Gasteiger partial charge in [-0.2, -0.15) is 4.39 Å². The molecule has 2 aromatic carbocycles. The molecule has 0 aromatic heterocycles. The molecule has 2 unspecified atom stereocenters. The predicted octanol–water partition coefficient (Wildman–Crippen LogP) is 3.55. The monoisotopic (exact) mass is 474 g/mol. The number of carbonyl (C=O) groups is 2. The maximum atomic E-state index is 13.7. The van der Waals surface area contributed by atoms with Crippen LogP contribution in [0.4, 0.5) is 13.2 Å². The minimum absolute atomic E-state index is 0.00897. The minimum Gasteiger partial charge on any atom is -0.488 e. The first-order valence-corrected chi connectivity index (χ1v) is 11.1. The van der Waals surface area contributed by atoms with E-state index in [-0.39, 0.29) is 24.1 Å². The zero-order valence-corrected chi connectivity index (χ0v) is 18.6. The predicted molar refractivity (Wildman–Crippen MR) is 119 cm³/mol. The first kappa shape index (κ1) is 23.8. The van der Waals surface area contributed by atoms with E-state index in [2.05, 4.69) is 5.32 Å². The third kappa shape index (κ3) is 4.94. The second-order valence-electron chi connectivity index (χ2n) is 8.56. The van der Waals surface area contributed by atoms with Gasteiger partial charge in [0.05, 0.1) is 18.2 Å². The molecule has 1 amide bonds. The zero-order chi connectivity index (χ0) is 24.4. The lowest BCUT2D eigenvalue weighted by atomic mass is 9.83. The molecule has 9 heteroatoms. The fraction of sp³-hybridized carbons (Fsp3) is 0.360. The van der Waals surface area contributed by atoms with E-state index in [4.69, 9.17) is 4.74 Å². The Balaban J connectivity index is 1.42. The lowest BCUT2D eigenvalue weighted by Gasteiger charge is -2.43. The number of ether oxygens (including phenoxy) is 1. The van der Waals surface area contributed by atoms with Crippen LogP contribution in [0.15, 0.2) is 42.0 Å². The Hall–Kier alpha value is -3.33. The summed E-state index contributed by atoms with van der Waals surface area (Å²) in [6, 6.07) is 8.58. The molecule has 34 heavy (non-hydrogen) atoms. The molecule has 0 saturated carbocycles. The Kier molecular flexibility index (Phi) is 6.92. The van der Waals surface area contributed by atoms with Gasteiger partial charge < -0.3 is 20.1 Å². The van der Waals surface area contributed by atoms with Crippen molar-refractivity contribution in [2.45, 2.75) is 38.3 Å². The molecule has 0 aliphatic carbocycles. The van der Waals surface area contributed by atoms with Gasteiger partial charge in [-0.25, -0.2) is 13.6 Å². The molecule has 2 aliphatic rings. The number of hydrogen-bond donors (Lipinski definition) is 2. The number of halogens is 3. The van der Waals surface area contributed by atoms with Gasteiger partial charge in [0.2, 0.25) is 11.7 Å². The standard InChI is InChI=1S/C25H25F3N2O4/c1-14(31)30-12-17-11-18(22(25(32)33)21(13-30)29-17)16-6-4-15(5-7-16)3-2-10-34-24-20(27)9-8-19(26)23(24)28/h4-9,17,21,29H,2-3,10-13H2,1H3,(H,32,33). The molecular formula is C25H25F3N2O4. The Bertz CT molecular complexity index is 1130. The quantitative estimate of drug-likeness (QED) is 0.474. The number of fused-ring (bicyclic) bond motifs is 2. The average molecular weight is 474 g/mol. The Morgan fingerprint density at radius 2 is 1.79 bits per heavy atom. The molecule has 2 aromatic rings. The van der Waals surface area contributed by atoms with Crippen LogP contribution in [0.2, 0.25) is 0 Å². The van der Waals surface area contributed by atoms with Crippen LogP contribution in [0.1, 0.15) is 30.9 Å². The first-order valence-electron chi connectivity index (χ1n) is 11.1. The van der Waals surface area contributed by atoms with Crippen LogP contribution in [0.25, 0.3) is 5.57 Å². The molecule has 2 aliphatic heterocycles. The summed E-state index contributed by atoms with van der Waals surface area (Å²) in [6.45, 7) is 2.35. The van der Waals surface area contributed by atoms with E-state index in [0.717, 1.165) is 22.8 Å². The van der Waals surface area contributed by atoms with Crippen molar-refractivity contribution in [3.8, 4) is 5.75 Å². The molecule has 0 radical (unpaired) electrons. The topological polar surface area (TPSA) is 78.9 Å². The summed E-state index contributed by atoms with van der Waals surface area (Å²) in [7, 11) is 0. The number of aryl methyl sites for hydroxylation is 1. The zero-order valence-electron chi connectivity index (χ0n) is 18.6. The van der Waals surface area contributed by atoms with Gasteiger partial charge in [0.15, 0.2) is 17.4 Å². The maximum absolute atomic E-state index is 13.7. The fourth-order valence-electron chi connectivity index (χ4n) is 4.59. The van der Waals surface area contributed by atoms with Gasteiger partial charge in [-0.1, -0.05) is 24.3 Å². The number of piperazine rings is 1. The van der Waals surface area contributed by atoms with Gasteiger partial charge in [0.1, 0.15) is 0 Å². The molecular weight excluding hydrogens is 449 g/mol. The first-order chi connectivity index (χ1) is 16.2. The molecule has 6 nitrogen and oxygen atoms in total. The van der Waals surface area contributed by atoms with Crippen LogP contribution in [0.3, 0.4) is 0 Å². The molecule has 2 N–H and O–H groups in total. The number of carboxylic acid groups (broad SMARTS) is 1. The number of nitrogens with zero attached hydrogens (tertiary/aromatic N) is 1. The number of aliphatic carboxylic acids is 1. The lowest BCUT2D eigenvalue weighted by Crippen LogP contribution is -2.61. The molecule has 1 fully saturated rings. The molecule has 2 atom stereocenters. The minimum atomic E-state index is -1.34. The highest BCUT2D eigenvalue weighted by atomic mass is 19.2. The molecule has 2 bridgehead atoms. The second kappa shape index (κ2) is 9.89. The van der Waals surface area contributed by atoms with E-state index in [9.17, 15) is 27.9 Å². The normalized spacial score (nSPS) is 19.8. The second-order valence-corrected chi connectivity index (χ2v) is 8.56. The number of hydrogen-bond acceptors (Lipinski definition) is 4. The van der Waals surface area contributed by atoms with Crippen LogP contribution in [0, 0.1) is 17.5 Å². The van der Waals surface area contributed by atoms with Crippen molar-refractivity contribution in [2.75, 3.05) is 19.7 Å². The Labute approximate surface area is 195 Å². The largest absolute Gasteiger partial charge is 0.488 e. The van der Waals surface area contributed by atoms with Gasteiger partial charge >= 0.3 is 5.97 Å². The van der Waals surface area contributed by atoms with Crippen LogP contribution in [-0.2, 0) is 16.0 Å².